The summed E-state index contributed by atoms with van der Waals surface area (Å²) in [4.78, 5) is 16.8. The van der Waals surface area contributed by atoms with E-state index < -0.39 is 0 Å². The standard InChI is InChI=1S/C23H19N3O2/c1-28-20-13-7-17(8-14-20)23(27)26-19-11-9-18(10-12-19)25-21-6-2-4-16-5-3-15-24-22(16)21/h2-15,25H,1H3,(H,26,27). The third-order valence-corrected chi connectivity index (χ3v) is 4.41. The summed E-state index contributed by atoms with van der Waals surface area (Å²) in [7, 11) is 1.60. The van der Waals surface area contributed by atoms with E-state index in [2.05, 4.69) is 15.6 Å². The molecule has 4 rings (SSSR count). The van der Waals surface area contributed by atoms with Crippen molar-refractivity contribution in [2.45, 2.75) is 0 Å². The predicted octanol–water partition coefficient (Wildman–Crippen LogP) is 5.24. The summed E-state index contributed by atoms with van der Waals surface area (Å²) < 4.78 is 5.11. The average Bonchev–Trinajstić information content (AvgIpc) is 2.75. The molecule has 28 heavy (non-hydrogen) atoms. The van der Waals surface area contributed by atoms with Crippen molar-refractivity contribution in [3.63, 3.8) is 0 Å². The monoisotopic (exact) mass is 369 g/mol. The van der Waals surface area contributed by atoms with Crippen LogP contribution in [0.1, 0.15) is 10.4 Å². The highest BCUT2D eigenvalue weighted by Crippen LogP contribution is 2.25. The number of nitrogens with zero attached hydrogens (tertiary/aromatic N) is 1. The fraction of sp³-hybridized carbons (Fsp3) is 0.0435. The van der Waals surface area contributed by atoms with E-state index in [1.807, 2.05) is 54.6 Å². The van der Waals surface area contributed by atoms with Crippen LogP contribution in [-0.4, -0.2) is 18.0 Å². The fourth-order valence-corrected chi connectivity index (χ4v) is 2.94. The van der Waals surface area contributed by atoms with E-state index in [1.54, 1.807) is 37.6 Å². The lowest BCUT2D eigenvalue weighted by Gasteiger charge is -2.10. The lowest BCUT2D eigenvalue weighted by Crippen LogP contribution is -2.11. The van der Waals surface area contributed by atoms with Gasteiger partial charge in [0.2, 0.25) is 0 Å². The zero-order valence-corrected chi connectivity index (χ0v) is 15.3. The maximum atomic E-state index is 12.4. The number of hydrogen-bond acceptors (Lipinski definition) is 4. The number of hydrogen-bond donors (Lipinski definition) is 2. The summed E-state index contributed by atoms with van der Waals surface area (Å²) in [5.41, 5.74) is 4.07. The molecule has 2 N–H and O–H groups in total. The van der Waals surface area contributed by atoms with Crippen LogP contribution >= 0.6 is 0 Å². The van der Waals surface area contributed by atoms with Gasteiger partial charge in [-0.2, -0.15) is 0 Å². The third kappa shape index (κ3) is 3.78. The van der Waals surface area contributed by atoms with Gasteiger partial charge in [0.25, 0.3) is 5.91 Å². The van der Waals surface area contributed by atoms with Crippen LogP contribution in [0.15, 0.2) is 85.1 Å². The number of ether oxygens (including phenoxy) is 1. The first-order valence-electron chi connectivity index (χ1n) is 8.89. The molecule has 1 amide bonds. The maximum absolute atomic E-state index is 12.4. The van der Waals surface area contributed by atoms with Crippen LogP contribution in [0.3, 0.4) is 0 Å². The normalized spacial score (nSPS) is 10.5. The molecule has 1 heterocycles. The molecule has 0 spiro atoms. The van der Waals surface area contributed by atoms with Gasteiger partial charge in [-0.15, -0.1) is 0 Å². The second kappa shape index (κ2) is 7.80. The molecule has 0 fully saturated rings. The number of rotatable bonds is 5. The molecule has 0 saturated heterocycles. The van der Waals surface area contributed by atoms with Gasteiger partial charge in [0.15, 0.2) is 0 Å². The highest BCUT2D eigenvalue weighted by Gasteiger charge is 2.07. The van der Waals surface area contributed by atoms with Crippen LogP contribution in [-0.2, 0) is 0 Å². The van der Waals surface area contributed by atoms with Gasteiger partial charge in [-0.05, 0) is 60.7 Å². The Labute approximate surface area is 163 Å². The smallest absolute Gasteiger partial charge is 0.255 e. The van der Waals surface area contributed by atoms with Crippen LogP contribution in [0.5, 0.6) is 5.75 Å². The fourth-order valence-electron chi connectivity index (χ4n) is 2.94. The number of carbonyl (C=O) groups excluding carboxylic acids is 1. The Morgan fingerprint density at radius 1 is 0.857 bits per heavy atom. The van der Waals surface area contributed by atoms with Crippen molar-refractivity contribution in [3.05, 3.63) is 90.6 Å². The van der Waals surface area contributed by atoms with E-state index in [4.69, 9.17) is 4.74 Å². The summed E-state index contributed by atoms with van der Waals surface area (Å²) in [5.74, 6) is 0.552. The average molecular weight is 369 g/mol. The van der Waals surface area contributed by atoms with Crippen LogP contribution < -0.4 is 15.4 Å². The first-order chi connectivity index (χ1) is 13.7. The summed E-state index contributed by atoms with van der Waals surface area (Å²) in [5, 5.41) is 7.36. The molecule has 0 bridgehead atoms. The van der Waals surface area contributed by atoms with E-state index in [9.17, 15) is 4.79 Å². The maximum Gasteiger partial charge on any atom is 0.255 e. The zero-order chi connectivity index (χ0) is 19.3. The molecule has 0 aliphatic carbocycles. The number of aromatic nitrogens is 1. The lowest BCUT2D eigenvalue weighted by molar-refractivity contribution is 0.102. The number of pyridine rings is 1. The van der Waals surface area contributed by atoms with Gasteiger partial charge >= 0.3 is 0 Å². The van der Waals surface area contributed by atoms with Crippen LogP contribution in [0.2, 0.25) is 0 Å². The minimum atomic E-state index is -0.165. The Morgan fingerprint density at radius 2 is 1.57 bits per heavy atom. The van der Waals surface area contributed by atoms with Gasteiger partial charge in [-0.1, -0.05) is 18.2 Å². The van der Waals surface area contributed by atoms with Crippen molar-refractivity contribution in [3.8, 4) is 5.75 Å². The van der Waals surface area contributed by atoms with E-state index in [-0.39, 0.29) is 5.91 Å². The highest BCUT2D eigenvalue weighted by atomic mass is 16.5. The van der Waals surface area contributed by atoms with Crippen molar-refractivity contribution < 1.29 is 9.53 Å². The largest absolute Gasteiger partial charge is 0.497 e. The van der Waals surface area contributed by atoms with E-state index in [0.29, 0.717) is 5.56 Å². The predicted molar refractivity (Wildman–Crippen MR) is 112 cm³/mol. The van der Waals surface area contributed by atoms with Crippen molar-refractivity contribution in [2.75, 3.05) is 17.7 Å². The van der Waals surface area contributed by atoms with Crippen molar-refractivity contribution in [1.82, 2.24) is 4.98 Å². The first-order valence-corrected chi connectivity index (χ1v) is 8.89. The van der Waals surface area contributed by atoms with Gasteiger partial charge < -0.3 is 15.4 Å². The molecule has 5 heteroatoms. The van der Waals surface area contributed by atoms with Gasteiger partial charge in [0.1, 0.15) is 5.75 Å². The summed E-state index contributed by atoms with van der Waals surface area (Å²) in [6.07, 6.45) is 1.78. The molecular formula is C23H19N3O2. The summed E-state index contributed by atoms with van der Waals surface area (Å²) >= 11 is 0. The number of anilines is 3. The number of benzene rings is 3. The van der Waals surface area contributed by atoms with Crippen molar-refractivity contribution in [1.29, 1.82) is 0 Å². The minimum Gasteiger partial charge on any atom is -0.497 e. The zero-order valence-electron chi connectivity index (χ0n) is 15.3. The Kier molecular flexibility index (Phi) is 4.89. The molecule has 0 unspecified atom stereocenters. The second-order valence-corrected chi connectivity index (χ2v) is 6.27. The number of para-hydroxylation sites is 1. The first kappa shape index (κ1) is 17.5. The van der Waals surface area contributed by atoms with Crippen LogP contribution in [0, 0.1) is 0 Å². The molecule has 0 radical (unpaired) electrons. The molecule has 0 aliphatic rings. The number of amides is 1. The molecule has 4 aromatic rings. The topological polar surface area (TPSA) is 63.2 Å². The minimum absolute atomic E-state index is 0.165. The van der Waals surface area contributed by atoms with E-state index in [1.165, 1.54) is 0 Å². The van der Waals surface area contributed by atoms with Gasteiger partial charge in [0.05, 0.1) is 18.3 Å². The number of carbonyl (C=O) groups is 1. The van der Waals surface area contributed by atoms with E-state index >= 15 is 0 Å². The number of fused-ring (bicyclic) bond motifs is 1. The summed E-state index contributed by atoms with van der Waals surface area (Å²) in [6, 6.07) is 24.5. The highest BCUT2D eigenvalue weighted by molar-refractivity contribution is 6.04. The second-order valence-electron chi connectivity index (χ2n) is 6.27. The quantitative estimate of drug-likeness (QED) is 0.505. The molecule has 0 saturated carbocycles. The molecule has 0 atom stereocenters. The number of methoxy groups -OCH3 is 1. The molecule has 138 valence electrons. The van der Waals surface area contributed by atoms with Crippen LogP contribution in [0.4, 0.5) is 17.1 Å². The van der Waals surface area contributed by atoms with Crippen molar-refractivity contribution >= 4 is 33.9 Å². The summed E-state index contributed by atoms with van der Waals surface area (Å²) in [6.45, 7) is 0. The van der Waals surface area contributed by atoms with Crippen LogP contribution in [0.25, 0.3) is 10.9 Å². The molecule has 1 aromatic heterocycles. The molecule has 0 aliphatic heterocycles. The Bertz CT molecular complexity index is 1100. The Hall–Kier alpha value is -3.86. The SMILES string of the molecule is COc1ccc(C(=O)Nc2ccc(Nc3cccc4cccnc34)cc2)cc1. The molecule has 3 aromatic carbocycles. The van der Waals surface area contributed by atoms with Gasteiger partial charge in [-0.25, -0.2) is 0 Å². The molecular weight excluding hydrogens is 350 g/mol. The molecule has 5 nitrogen and oxygen atoms in total. The lowest BCUT2D eigenvalue weighted by atomic mass is 10.1. The number of nitrogens with one attached hydrogen (secondary N) is 2. The van der Waals surface area contributed by atoms with Crippen molar-refractivity contribution in [2.24, 2.45) is 0 Å². The van der Waals surface area contributed by atoms with E-state index in [0.717, 1.165) is 33.7 Å². The van der Waals surface area contributed by atoms with Gasteiger partial charge in [-0.3, -0.25) is 9.78 Å². The Morgan fingerprint density at radius 3 is 2.32 bits per heavy atom. The van der Waals surface area contributed by atoms with Gasteiger partial charge in [0, 0.05) is 28.5 Å². The third-order valence-electron chi connectivity index (χ3n) is 4.41. The Balaban J connectivity index is 1.47.